The molecule has 0 aromatic carbocycles. The number of carboxylic acids is 3. The van der Waals surface area contributed by atoms with E-state index < -0.39 is 105 Å². The molecule has 0 spiro atoms. The smallest absolute Gasteiger partial charge is 0.855 e. The number of ether oxygens (including phenoxy) is 6. The van der Waals surface area contributed by atoms with Gasteiger partial charge < -0.3 is 48.8 Å². The van der Waals surface area contributed by atoms with Crippen LogP contribution in [0.4, 0.5) is 0 Å². The molecule has 0 rings (SSSR count). The fourth-order valence-electron chi connectivity index (χ4n) is 7.29. The number of aliphatic carboxylic acids is 3. The molecule has 3 N–H and O–H groups in total. The van der Waals surface area contributed by atoms with Crippen LogP contribution in [0.2, 0.25) is 0 Å². The summed E-state index contributed by atoms with van der Waals surface area (Å²) >= 11 is 0. The molecule has 29 nitrogen and oxygen atoms in total. The molecule has 0 fully saturated rings. The molecule has 0 aliphatic carbocycles. The topological polar surface area (TPSA) is 497 Å². The number of rotatable bonds is 37. The van der Waals surface area contributed by atoms with E-state index in [2.05, 4.69) is 16.1 Å². The molecule has 0 bridgehead atoms. The summed E-state index contributed by atoms with van der Waals surface area (Å²) in [4.78, 5) is 158. The molecule has 0 amide bonds. The number of esters is 6. The third-order valence-electron chi connectivity index (χ3n) is 14.0. The zero-order valence-electron chi connectivity index (χ0n) is 60.0. The second-order valence-electron chi connectivity index (χ2n) is 21.5. The van der Waals surface area contributed by atoms with Crippen molar-refractivity contribution >= 4 is 82.6 Å². The molecule has 9 atom stereocenters. The van der Waals surface area contributed by atoms with E-state index in [1.54, 1.807) is 74.5 Å². The van der Waals surface area contributed by atoms with Gasteiger partial charge in [-0.15, -0.1) is 6.61 Å². The van der Waals surface area contributed by atoms with Crippen molar-refractivity contribution in [3.63, 3.8) is 0 Å². The van der Waals surface area contributed by atoms with Crippen LogP contribution in [-0.4, -0.2) is 144 Å². The Balaban J connectivity index is -0.000000165. The number of hydrogen-bond donors (Lipinski definition) is 3. The minimum atomic E-state index is -1.71. The third-order valence-corrected chi connectivity index (χ3v) is 14.0. The van der Waals surface area contributed by atoms with Crippen LogP contribution in [0.25, 0.3) is 0 Å². The molecule has 0 aliphatic rings. The summed E-state index contributed by atoms with van der Waals surface area (Å²) in [5.74, 6) is -12.1. The van der Waals surface area contributed by atoms with Gasteiger partial charge in [0.1, 0.15) is 51.1 Å². The van der Waals surface area contributed by atoms with Crippen molar-refractivity contribution in [1.82, 2.24) is 0 Å². The predicted octanol–water partition coefficient (Wildman–Crippen LogP) is 4.87. The molecule has 0 aromatic heterocycles. The van der Waals surface area contributed by atoms with Gasteiger partial charge in [0.15, 0.2) is 0 Å². The Morgan fingerprint density at radius 1 is 0.454 bits per heavy atom. The Kier molecular flexibility index (Phi) is 66.3. The van der Waals surface area contributed by atoms with E-state index >= 15 is 0 Å². The largest absolute Gasteiger partial charge is 1.00 e. The van der Waals surface area contributed by atoms with E-state index in [0.717, 1.165) is 6.92 Å². The molecule has 30 heteroatoms. The first-order valence-corrected chi connectivity index (χ1v) is 31.0. The van der Waals surface area contributed by atoms with Crippen molar-refractivity contribution in [2.45, 2.75) is 201 Å². The van der Waals surface area contributed by atoms with Gasteiger partial charge in [-0.05, 0) is 155 Å². The number of hydrogen-bond acceptors (Lipinski definition) is 26. The van der Waals surface area contributed by atoms with Gasteiger partial charge in [-0.1, -0.05) is 20.4 Å². The Hall–Kier alpha value is -8.27. The standard InChI is InChI=1S/2C15H23NO5.C11H15NO5.C9H13NO3.C8H11NO2.C7H12O3.C2H5O.Na/c2*1-5-20-13(18)12(8-7-9-16)10-15(4,11(3)17)14(19)21-6-2;1-7(13)11(2,10(16)17)6-8(9(14)15)4-3-5-12;1-6(7(2)11)5-8(3-4-10)9(12)13;1-3-11-8(10)7(2)5-4-6-9;1-4-10-7(9)5(2)6(3)8;1-2-3;/h2*12H,5-8,10H2,1-4H3;8H,3-4,6H2,1-2H3,(H,14,15)(H,16,17);6,8H,3,5H2,1-2H3,(H,12,13);2-5H2,1H3;5H,4H2,1-3H3;2H2,1H3;/q;;;;;;-1;+1. The quantitative estimate of drug-likeness (QED) is 0.0245. The third kappa shape index (κ3) is 48.1. The number of nitriles is 5. The maximum Gasteiger partial charge on any atom is 1.00 e. The Morgan fingerprint density at radius 2 is 0.763 bits per heavy atom. The fraction of sp³-hybridized carbons (Fsp3) is 0.687. The Bertz CT molecular complexity index is 2640. The van der Waals surface area contributed by atoms with E-state index in [9.17, 15) is 67.1 Å². The molecule has 0 aromatic rings. The van der Waals surface area contributed by atoms with Crippen LogP contribution >= 0.6 is 0 Å². The van der Waals surface area contributed by atoms with Crippen molar-refractivity contribution in [3.8, 4) is 30.3 Å². The number of nitrogens with zero attached hydrogens (tertiary/aromatic N) is 5. The summed E-state index contributed by atoms with van der Waals surface area (Å²) in [5.41, 5.74) is -4.14. The fourth-order valence-corrected chi connectivity index (χ4v) is 7.29. The average molecular weight is 1380 g/mol. The average Bonchev–Trinajstić information content (AvgIpc) is 0.878. The first-order valence-electron chi connectivity index (χ1n) is 31.0. The normalized spacial score (nSPS) is 13.2. The van der Waals surface area contributed by atoms with Crippen LogP contribution in [0.5, 0.6) is 0 Å². The number of Topliss-reactive ketones (excluding diaryl/α,β-unsaturated/α-hetero) is 5. The Labute approximate surface area is 593 Å². The second kappa shape index (κ2) is 61.3. The van der Waals surface area contributed by atoms with Gasteiger partial charge in [0.05, 0.1) is 93.7 Å². The van der Waals surface area contributed by atoms with Crippen molar-refractivity contribution < 1.29 is 146 Å². The van der Waals surface area contributed by atoms with Crippen LogP contribution < -0.4 is 34.7 Å². The van der Waals surface area contributed by atoms with E-state index in [1.807, 2.05) is 18.2 Å². The first-order chi connectivity index (χ1) is 44.6. The summed E-state index contributed by atoms with van der Waals surface area (Å²) in [6, 6.07) is 9.44. The van der Waals surface area contributed by atoms with Crippen LogP contribution in [0.1, 0.15) is 201 Å². The maximum atomic E-state index is 12.0. The summed E-state index contributed by atoms with van der Waals surface area (Å²) < 4.78 is 29.0. The van der Waals surface area contributed by atoms with Crippen LogP contribution in [0, 0.1) is 108 Å². The minimum absolute atomic E-state index is 0. The summed E-state index contributed by atoms with van der Waals surface area (Å²) in [6.07, 6.45) is 1.47. The Morgan fingerprint density at radius 3 is 1.02 bits per heavy atom. The van der Waals surface area contributed by atoms with Gasteiger partial charge >= 0.3 is 83.3 Å². The van der Waals surface area contributed by atoms with Crippen molar-refractivity contribution in [2.75, 3.05) is 46.2 Å². The van der Waals surface area contributed by atoms with Gasteiger partial charge in [-0.2, -0.15) is 26.3 Å². The number of carbonyl (C=O) groups excluding carboxylic acids is 11. The molecule has 0 saturated carbocycles. The molecule has 0 radical (unpaired) electrons. The van der Waals surface area contributed by atoms with Crippen LogP contribution in [-0.2, 0) is 95.5 Å². The molecule has 0 heterocycles. The van der Waals surface area contributed by atoms with Gasteiger partial charge in [0.25, 0.3) is 0 Å². The zero-order valence-corrected chi connectivity index (χ0v) is 62.0. The minimum Gasteiger partial charge on any atom is -0.855 e. The molecule has 9 unspecified atom stereocenters. The van der Waals surface area contributed by atoms with Crippen LogP contribution in [0.3, 0.4) is 0 Å². The van der Waals surface area contributed by atoms with Crippen molar-refractivity contribution in [2.24, 2.45) is 51.8 Å². The summed E-state index contributed by atoms with van der Waals surface area (Å²) in [5, 5.41) is 77.7. The predicted molar refractivity (Wildman–Crippen MR) is 340 cm³/mol. The molecule has 0 saturated heterocycles. The van der Waals surface area contributed by atoms with Gasteiger partial charge in [-0.3, -0.25) is 62.3 Å². The SMILES string of the molecule is C=C(CCC#N)C(=O)OCC.CC(=O)C(C)(CC(CCC#N)C(=O)O)C(=O)O.CC(=O)C(C)CC(CC#N)C(=O)O.CCOC(=O)C(C)C(C)=O.CCOC(=O)C(CCC#N)CC(C)(C(C)=O)C(=O)OCC.CCOC(=O)C(CCC#N)CC(C)(C(C)=O)C(=O)OCC.CC[O-].[Na+]. The molecular formula is C67H102N5NaO24. The van der Waals surface area contributed by atoms with E-state index in [-0.39, 0.29) is 162 Å². The summed E-state index contributed by atoms with van der Waals surface area (Å²) in [7, 11) is 0. The van der Waals surface area contributed by atoms with Gasteiger partial charge in [-0.25, -0.2) is 4.79 Å². The molecule has 97 heavy (non-hydrogen) atoms. The summed E-state index contributed by atoms with van der Waals surface area (Å²) in [6.45, 7) is 30.4. The van der Waals surface area contributed by atoms with Crippen molar-refractivity contribution in [1.29, 1.82) is 26.3 Å². The molecular weight excluding hydrogens is 1280 g/mol. The zero-order chi connectivity index (χ0) is 76.5. The number of carboxylic acid groups (broad SMARTS) is 3. The van der Waals surface area contributed by atoms with Gasteiger partial charge in [0, 0.05) is 43.6 Å². The maximum absolute atomic E-state index is 12.0. The number of ketones is 5. The van der Waals surface area contributed by atoms with E-state index in [1.165, 1.54) is 48.5 Å². The first kappa shape index (κ1) is 105. The molecule has 0 aliphatic heterocycles. The van der Waals surface area contributed by atoms with Gasteiger partial charge in [0.2, 0.25) is 0 Å². The van der Waals surface area contributed by atoms with Crippen molar-refractivity contribution in [3.05, 3.63) is 12.2 Å². The van der Waals surface area contributed by atoms with Crippen LogP contribution in [0.15, 0.2) is 12.2 Å². The molecule has 540 valence electrons. The second-order valence-corrected chi connectivity index (χ2v) is 21.5. The van der Waals surface area contributed by atoms with E-state index in [0.29, 0.717) is 31.6 Å². The number of carbonyl (C=O) groups is 14. The monoisotopic (exact) mass is 1380 g/mol. The van der Waals surface area contributed by atoms with E-state index in [4.69, 9.17) is 65.7 Å².